The first kappa shape index (κ1) is 10.6. The second kappa shape index (κ2) is 4.38. The smallest absolute Gasteiger partial charge is 0.184 e. The van der Waals surface area contributed by atoms with Crippen LogP contribution in [0, 0.1) is 0 Å². The molecule has 3 rings (SSSR count). The van der Waals surface area contributed by atoms with E-state index in [4.69, 9.17) is 16.3 Å². The van der Waals surface area contributed by atoms with Crippen LogP contribution >= 0.6 is 11.6 Å². The lowest BCUT2D eigenvalue weighted by Crippen LogP contribution is -2.04. The highest BCUT2D eigenvalue weighted by molar-refractivity contribution is 6.29. The molecule has 0 spiro atoms. The van der Waals surface area contributed by atoms with Crippen molar-refractivity contribution in [1.29, 1.82) is 0 Å². The van der Waals surface area contributed by atoms with Crippen LogP contribution in [0.1, 0.15) is 12.2 Å². The van der Waals surface area contributed by atoms with Crippen molar-refractivity contribution in [2.75, 3.05) is 6.61 Å². The molecule has 0 fully saturated rings. The molecular weight excluding hydrogens is 242 g/mol. The van der Waals surface area contributed by atoms with Gasteiger partial charge < -0.3 is 9.30 Å². The van der Waals surface area contributed by atoms with Crippen LogP contribution in [0.2, 0.25) is 5.15 Å². The van der Waals surface area contributed by atoms with E-state index < -0.39 is 0 Å². The quantitative estimate of drug-likeness (QED) is 0.765. The Morgan fingerprint density at radius 1 is 1.24 bits per heavy atom. The molecular formula is C10H10ClN5O. The minimum absolute atomic E-state index is 0.368. The van der Waals surface area contributed by atoms with Gasteiger partial charge in [-0.1, -0.05) is 11.6 Å². The van der Waals surface area contributed by atoms with Crippen LogP contribution in [-0.2, 0) is 17.9 Å². The Morgan fingerprint density at radius 3 is 3.00 bits per heavy atom. The molecule has 3 heterocycles. The van der Waals surface area contributed by atoms with Crippen LogP contribution in [0.5, 0.6) is 0 Å². The van der Waals surface area contributed by atoms with Gasteiger partial charge in [0, 0.05) is 13.2 Å². The Morgan fingerprint density at radius 2 is 2.18 bits per heavy atom. The first-order chi connectivity index (χ1) is 8.34. The molecule has 0 bridgehead atoms. The lowest BCUT2D eigenvalue weighted by molar-refractivity contribution is 0.122. The van der Waals surface area contributed by atoms with Gasteiger partial charge in [-0.2, -0.15) is 0 Å². The van der Waals surface area contributed by atoms with Gasteiger partial charge in [-0.25, -0.2) is 9.97 Å². The summed E-state index contributed by atoms with van der Waals surface area (Å²) in [7, 11) is 0. The van der Waals surface area contributed by atoms with Crippen LogP contribution in [0.4, 0.5) is 0 Å². The predicted octanol–water partition coefficient (Wildman–Crippen LogP) is 1.31. The summed E-state index contributed by atoms with van der Waals surface area (Å²) in [6.07, 6.45) is 4.05. The third-order valence-corrected chi connectivity index (χ3v) is 2.77. The molecule has 0 saturated heterocycles. The molecule has 2 aromatic rings. The highest BCUT2D eigenvalue weighted by atomic mass is 35.5. The summed E-state index contributed by atoms with van der Waals surface area (Å²) in [6.45, 7) is 2.07. The van der Waals surface area contributed by atoms with Gasteiger partial charge in [0.2, 0.25) is 0 Å². The minimum Gasteiger partial charge on any atom is -0.373 e. The number of nitrogens with zero attached hydrogens (tertiary/aromatic N) is 5. The standard InChI is InChI=1S/C10H10ClN5O/c11-8-5-12-7(4-13-8)10-15-14-9-6-17-3-1-2-16(9)10/h4-5H,1-3,6H2. The number of rotatable bonds is 1. The summed E-state index contributed by atoms with van der Waals surface area (Å²) in [6, 6.07) is 0. The second-order valence-corrected chi connectivity index (χ2v) is 4.11. The summed E-state index contributed by atoms with van der Waals surface area (Å²) in [5, 5.41) is 8.60. The SMILES string of the molecule is Clc1cnc(-c2nnc3n2CCCOC3)cn1. The fourth-order valence-corrected chi connectivity index (χ4v) is 1.88. The number of aromatic nitrogens is 5. The average Bonchev–Trinajstić information content (AvgIpc) is 2.60. The maximum atomic E-state index is 5.71. The summed E-state index contributed by atoms with van der Waals surface area (Å²) in [5.74, 6) is 1.55. The Labute approximate surface area is 103 Å². The van der Waals surface area contributed by atoms with E-state index >= 15 is 0 Å². The molecule has 88 valence electrons. The van der Waals surface area contributed by atoms with Crippen molar-refractivity contribution in [3.8, 4) is 11.5 Å². The number of hydrogen-bond acceptors (Lipinski definition) is 5. The van der Waals surface area contributed by atoms with Crippen molar-refractivity contribution in [2.24, 2.45) is 0 Å². The zero-order valence-electron chi connectivity index (χ0n) is 9.01. The highest BCUT2D eigenvalue weighted by Crippen LogP contribution is 2.18. The van der Waals surface area contributed by atoms with Crippen LogP contribution in [0.15, 0.2) is 12.4 Å². The summed E-state index contributed by atoms with van der Waals surface area (Å²) in [4.78, 5) is 8.20. The second-order valence-electron chi connectivity index (χ2n) is 3.72. The van der Waals surface area contributed by atoms with E-state index in [1.54, 1.807) is 6.20 Å². The molecule has 0 amide bonds. The fourth-order valence-electron chi connectivity index (χ4n) is 1.78. The topological polar surface area (TPSA) is 65.7 Å². The molecule has 2 aromatic heterocycles. The zero-order valence-corrected chi connectivity index (χ0v) is 9.76. The van der Waals surface area contributed by atoms with Gasteiger partial charge in [0.1, 0.15) is 17.5 Å². The zero-order chi connectivity index (χ0) is 11.7. The minimum atomic E-state index is 0.368. The molecule has 0 N–H and O–H groups in total. The van der Waals surface area contributed by atoms with E-state index in [0.717, 1.165) is 31.2 Å². The van der Waals surface area contributed by atoms with Crippen LogP contribution in [0.3, 0.4) is 0 Å². The average molecular weight is 252 g/mol. The van der Waals surface area contributed by atoms with Gasteiger partial charge in [0.15, 0.2) is 11.6 Å². The lowest BCUT2D eigenvalue weighted by Gasteiger charge is -2.04. The molecule has 0 aromatic carbocycles. The highest BCUT2D eigenvalue weighted by Gasteiger charge is 2.17. The molecule has 7 heteroatoms. The molecule has 0 atom stereocenters. The van der Waals surface area contributed by atoms with Crippen molar-refractivity contribution >= 4 is 11.6 Å². The van der Waals surface area contributed by atoms with Crippen LogP contribution in [0.25, 0.3) is 11.5 Å². The summed E-state index contributed by atoms with van der Waals surface area (Å²) < 4.78 is 7.43. The van der Waals surface area contributed by atoms with E-state index in [0.29, 0.717) is 17.5 Å². The van der Waals surface area contributed by atoms with E-state index in [-0.39, 0.29) is 0 Å². The molecule has 0 saturated carbocycles. The van der Waals surface area contributed by atoms with Gasteiger partial charge in [0.25, 0.3) is 0 Å². The van der Waals surface area contributed by atoms with Crippen molar-refractivity contribution in [3.63, 3.8) is 0 Å². The van der Waals surface area contributed by atoms with Crippen LogP contribution < -0.4 is 0 Å². The maximum Gasteiger partial charge on any atom is 0.184 e. The Bertz CT molecular complexity index is 524. The summed E-state index contributed by atoms with van der Waals surface area (Å²) in [5.41, 5.74) is 0.676. The van der Waals surface area contributed by atoms with Gasteiger partial charge >= 0.3 is 0 Å². The van der Waals surface area contributed by atoms with E-state index in [1.165, 1.54) is 6.20 Å². The van der Waals surface area contributed by atoms with Crippen LogP contribution in [-0.4, -0.2) is 31.3 Å². The number of ether oxygens (including phenoxy) is 1. The largest absolute Gasteiger partial charge is 0.373 e. The lowest BCUT2D eigenvalue weighted by atomic mass is 10.4. The molecule has 0 aliphatic carbocycles. The van der Waals surface area contributed by atoms with Gasteiger partial charge in [-0.15, -0.1) is 10.2 Å². The third-order valence-electron chi connectivity index (χ3n) is 2.58. The van der Waals surface area contributed by atoms with E-state index in [2.05, 4.69) is 20.2 Å². The number of halogens is 1. The van der Waals surface area contributed by atoms with Crippen molar-refractivity contribution in [1.82, 2.24) is 24.7 Å². The Balaban J connectivity index is 2.03. The molecule has 1 aliphatic rings. The van der Waals surface area contributed by atoms with Gasteiger partial charge in [-0.3, -0.25) is 0 Å². The Kier molecular flexibility index (Phi) is 2.74. The first-order valence-electron chi connectivity index (χ1n) is 5.32. The van der Waals surface area contributed by atoms with Crippen molar-refractivity contribution in [2.45, 2.75) is 19.6 Å². The van der Waals surface area contributed by atoms with Gasteiger partial charge in [0.05, 0.1) is 12.4 Å². The van der Waals surface area contributed by atoms with Crippen molar-refractivity contribution in [3.05, 3.63) is 23.4 Å². The fraction of sp³-hybridized carbons (Fsp3) is 0.400. The normalized spacial score (nSPS) is 15.4. The third kappa shape index (κ3) is 2.01. The van der Waals surface area contributed by atoms with Crippen molar-refractivity contribution < 1.29 is 4.74 Å². The number of hydrogen-bond donors (Lipinski definition) is 0. The predicted molar refractivity (Wildman–Crippen MR) is 60.3 cm³/mol. The molecule has 0 radical (unpaired) electrons. The first-order valence-corrected chi connectivity index (χ1v) is 5.70. The Hall–Kier alpha value is -1.53. The van der Waals surface area contributed by atoms with Gasteiger partial charge in [-0.05, 0) is 6.42 Å². The maximum absolute atomic E-state index is 5.71. The monoisotopic (exact) mass is 251 g/mol. The molecule has 0 unspecified atom stereocenters. The summed E-state index contributed by atoms with van der Waals surface area (Å²) >= 11 is 5.71. The molecule has 1 aliphatic heterocycles. The molecule has 6 nitrogen and oxygen atoms in total. The van der Waals surface area contributed by atoms with E-state index in [1.807, 2.05) is 4.57 Å². The molecule has 17 heavy (non-hydrogen) atoms. The van der Waals surface area contributed by atoms with E-state index in [9.17, 15) is 0 Å². The number of fused-ring (bicyclic) bond motifs is 1.